The molecule has 1 aliphatic rings. The number of nitrogens with one attached hydrogen (secondary N) is 1. The fourth-order valence-corrected chi connectivity index (χ4v) is 4.70. The van der Waals surface area contributed by atoms with Gasteiger partial charge >= 0.3 is 11.8 Å². The summed E-state index contributed by atoms with van der Waals surface area (Å²) in [5.41, 5.74) is 1.37. The zero-order valence-corrected chi connectivity index (χ0v) is 20.6. The van der Waals surface area contributed by atoms with E-state index in [9.17, 15) is 19.8 Å². The molecule has 0 saturated heterocycles. The number of aromatic hydroxyl groups is 1. The summed E-state index contributed by atoms with van der Waals surface area (Å²) in [6.45, 7) is 8.45. The first kappa shape index (κ1) is 24.8. The Morgan fingerprint density at radius 3 is 2.54 bits per heavy atom. The van der Waals surface area contributed by atoms with Crippen LogP contribution in [0.25, 0.3) is 11.1 Å². The minimum atomic E-state index is -1.21. The van der Waals surface area contributed by atoms with Gasteiger partial charge in [-0.15, -0.1) is 0 Å². The SMILES string of the molecule is CCC1(CC)OC(=O)N(CCC(C)(C)NCC(O)n2c(=O)oc3ccc(O)cc32)c2ccccc21. The molecule has 0 spiro atoms. The van der Waals surface area contributed by atoms with E-state index in [1.54, 1.807) is 4.90 Å². The Kier molecular flexibility index (Phi) is 6.66. The predicted molar refractivity (Wildman–Crippen MR) is 133 cm³/mol. The molecule has 0 fully saturated rings. The van der Waals surface area contributed by atoms with Crippen molar-refractivity contribution >= 4 is 22.9 Å². The molecule has 1 amide bonds. The highest BCUT2D eigenvalue weighted by Crippen LogP contribution is 2.43. The number of para-hydroxylation sites is 1. The molecule has 1 aliphatic heterocycles. The molecular formula is C26H33N3O6. The molecule has 2 aromatic carbocycles. The van der Waals surface area contributed by atoms with E-state index in [0.29, 0.717) is 31.3 Å². The lowest BCUT2D eigenvalue weighted by molar-refractivity contribution is -0.00137. The zero-order chi connectivity index (χ0) is 25.4. The maximum atomic E-state index is 13.0. The highest BCUT2D eigenvalue weighted by Gasteiger charge is 2.42. The summed E-state index contributed by atoms with van der Waals surface area (Å²) in [5, 5.41) is 23.8. The van der Waals surface area contributed by atoms with Gasteiger partial charge in [0.25, 0.3) is 0 Å². The molecule has 0 saturated carbocycles. The maximum absolute atomic E-state index is 13.0. The van der Waals surface area contributed by atoms with Crippen LogP contribution in [0.3, 0.4) is 0 Å². The maximum Gasteiger partial charge on any atom is 0.422 e. The number of fused-ring (bicyclic) bond motifs is 2. The van der Waals surface area contributed by atoms with Crippen LogP contribution in [0.2, 0.25) is 0 Å². The number of aliphatic hydroxyl groups excluding tert-OH is 1. The Morgan fingerprint density at radius 2 is 1.83 bits per heavy atom. The Hall–Kier alpha value is -3.30. The number of anilines is 1. The summed E-state index contributed by atoms with van der Waals surface area (Å²) in [4.78, 5) is 26.9. The number of aromatic nitrogens is 1. The number of β-amino-alcohol motifs (C(OH)–C–C–N with tert-alkyl or cyclic N) is 1. The van der Waals surface area contributed by atoms with Crippen LogP contribution in [0.4, 0.5) is 10.5 Å². The third-order valence-electron chi connectivity index (χ3n) is 6.95. The highest BCUT2D eigenvalue weighted by molar-refractivity contribution is 5.91. The molecule has 1 unspecified atom stereocenters. The topological polar surface area (TPSA) is 117 Å². The monoisotopic (exact) mass is 483 g/mol. The Balaban J connectivity index is 1.46. The lowest BCUT2D eigenvalue weighted by Crippen LogP contribution is -2.49. The smallest absolute Gasteiger partial charge is 0.422 e. The molecule has 4 rings (SSSR count). The molecule has 3 N–H and O–H groups in total. The number of hydrogen-bond acceptors (Lipinski definition) is 7. The number of nitrogens with zero attached hydrogens (tertiary/aromatic N) is 2. The standard InChI is InChI=1S/C26H33N3O6/c1-5-26(6-2)18-9-7-8-10-19(18)28(23(32)35-26)14-13-25(3,4)27-16-22(31)29-20-15-17(30)11-12-21(20)34-24(29)33/h7-12,15,22,27,30-31H,5-6,13-14,16H2,1-4H3. The van der Waals surface area contributed by atoms with Gasteiger partial charge in [0, 0.05) is 30.3 Å². The van der Waals surface area contributed by atoms with Crippen molar-refractivity contribution < 1.29 is 24.2 Å². The fraction of sp³-hybridized carbons (Fsp3) is 0.462. The van der Waals surface area contributed by atoms with Crippen molar-refractivity contribution in [2.24, 2.45) is 0 Å². The van der Waals surface area contributed by atoms with E-state index in [0.717, 1.165) is 15.8 Å². The summed E-state index contributed by atoms with van der Waals surface area (Å²) in [7, 11) is 0. The number of carbonyl (C=O) groups excluding carboxylic acids is 1. The number of rotatable bonds is 9. The number of phenols is 1. The second kappa shape index (κ2) is 9.39. The molecule has 35 heavy (non-hydrogen) atoms. The van der Waals surface area contributed by atoms with Gasteiger partial charge in [-0.2, -0.15) is 0 Å². The second-order valence-electron chi connectivity index (χ2n) is 9.62. The van der Waals surface area contributed by atoms with Crippen LogP contribution in [0.1, 0.15) is 58.7 Å². The van der Waals surface area contributed by atoms with Crippen molar-refractivity contribution in [2.75, 3.05) is 18.0 Å². The third-order valence-corrected chi connectivity index (χ3v) is 6.95. The minimum Gasteiger partial charge on any atom is -0.508 e. The quantitative estimate of drug-likeness (QED) is 0.417. The number of aliphatic hydroxyl groups is 1. The number of amides is 1. The first-order chi connectivity index (χ1) is 16.6. The number of hydrogen-bond donors (Lipinski definition) is 3. The largest absolute Gasteiger partial charge is 0.508 e. The lowest BCUT2D eigenvalue weighted by atomic mass is 9.85. The van der Waals surface area contributed by atoms with Gasteiger partial charge in [0.1, 0.15) is 17.6 Å². The van der Waals surface area contributed by atoms with Gasteiger partial charge < -0.3 is 24.7 Å². The molecule has 9 nitrogen and oxygen atoms in total. The average Bonchev–Trinajstić information content (AvgIpc) is 3.16. The number of oxazole rings is 1. The van der Waals surface area contributed by atoms with Gasteiger partial charge in [0.2, 0.25) is 0 Å². The molecule has 2 heterocycles. The number of cyclic esters (lactones) is 1. The lowest BCUT2D eigenvalue weighted by Gasteiger charge is -2.42. The Bertz CT molecular complexity index is 1270. The fourth-order valence-electron chi connectivity index (χ4n) is 4.70. The number of carbonyl (C=O) groups is 1. The van der Waals surface area contributed by atoms with Crippen LogP contribution in [0.15, 0.2) is 51.7 Å². The van der Waals surface area contributed by atoms with Crippen molar-refractivity contribution in [3.05, 3.63) is 58.6 Å². The molecule has 0 radical (unpaired) electrons. The van der Waals surface area contributed by atoms with Gasteiger partial charge in [0.15, 0.2) is 5.58 Å². The van der Waals surface area contributed by atoms with Gasteiger partial charge in [-0.1, -0.05) is 32.0 Å². The summed E-state index contributed by atoms with van der Waals surface area (Å²) in [6.07, 6.45) is 0.395. The van der Waals surface area contributed by atoms with Gasteiger partial charge in [-0.25, -0.2) is 14.2 Å². The molecule has 188 valence electrons. The van der Waals surface area contributed by atoms with E-state index in [1.165, 1.54) is 18.2 Å². The van der Waals surface area contributed by atoms with E-state index in [2.05, 4.69) is 5.32 Å². The van der Waals surface area contributed by atoms with Crippen LogP contribution in [0.5, 0.6) is 5.75 Å². The van der Waals surface area contributed by atoms with Crippen molar-refractivity contribution in [1.29, 1.82) is 0 Å². The van der Waals surface area contributed by atoms with E-state index in [-0.39, 0.29) is 24.0 Å². The molecule has 0 aliphatic carbocycles. The Morgan fingerprint density at radius 1 is 1.11 bits per heavy atom. The van der Waals surface area contributed by atoms with Gasteiger partial charge in [0.05, 0.1) is 11.2 Å². The summed E-state index contributed by atoms with van der Waals surface area (Å²) < 4.78 is 12.2. The van der Waals surface area contributed by atoms with E-state index in [1.807, 2.05) is 52.0 Å². The normalized spacial score (nSPS) is 16.3. The molecule has 9 heteroatoms. The van der Waals surface area contributed by atoms with Crippen LogP contribution in [0, 0.1) is 0 Å². The average molecular weight is 484 g/mol. The number of benzene rings is 2. The first-order valence-electron chi connectivity index (χ1n) is 12.0. The number of ether oxygens (including phenoxy) is 1. The van der Waals surface area contributed by atoms with E-state index < -0.39 is 23.1 Å². The van der Waals surface area contributed by atoms with Gasteiger partial charge in [-0.05, 0) is 51.3 Å². The van der Waals surface area contributed by atoms with E-state index in [4.69, 9.17) is 9.15 Å². The van der Waals surface area contributed by atoms with Crippen molar-refractivity contribution in [2.45, 2.75) is 64.3 Å². The third kappa shape index (κ3) is 4.66. The molecule has 0 bridgehead atoms. The number of phenolic OH excluding ortho intramolecular Hbond substituents is 1. The molecule has 3 aromatic rings. The van der Waals surface area contributed by atoms with Crippen LogP contribution >= 0.6 is 0 Å². The Labute approximate surface area is 203 Å². The van der Waals surface area contributed by atoms with Crippen LogP contribution in [-0.4, -0.2) is 39.5 Å². The highest BCUT2D eigenvalue weighted by atomic mass is 16.6. The first-order valence-corrected chi connectivity index (χ1v) is 12.0. The zero-order valence-electron chi connectivity index (χ0n) is 20.6. The summed E-state index contributed by atoms with van der Waals surface area (Å²) in [5.74, 6) is -0.739. The molecule has 1 aromatic heterocycles. The van der Waals surface area contributed by atoms with Crippen molar-refractivity contribution in [3.63, 3.8) is 0 Å². The molecule has 1 atom stereocenters. The van der Waals surface area contributed by atoms with Crippen LogP contribution < -0.4 is 16.0 Å². The van der Waals surface area contributed by atoms with Crippen molar-refractivity contribution in [1.82, 2.24) is 9.88 Å². The van der Waals surface area contributed by atoms with E-state index >= 15 is 0 Å². The predicted octanol–water partition coefficient (Wildman–Crippen LogP) is 4.22. The van der Waals surface area contributed by atoms with Crippen LogP contribution in [-0.2, 0) is 10.3 Å². The minimum absolute atomic E-state index is 0.0311. The second-order valence-corrected chi connectivity index (χ2v) is 9.62. The summed E-state index contributed by atoms with van der Waals surface area (Å²) >= 11 is 0. The molecular weight excluding hydrogens is 450 g/mol. The van der Waals surface area contributed by atoms with Crippen molar-refractivity contribution in [3.8, 4) is 5.75 Å². The summed E-state index contributed by atoms with van der Waals surface area (Å²) in [6, 6.07) is 12.1. The van der Waals surface area contributed by atoms with Gasteiger partial charge in [-0.3, -0.25) is 4.90 Å².